The van der Waals surface area contributed by atoms with Gasteiger partial charge in [-0.3, -0.25) is 0 Å². The molecule has 1 aromatic heterocycles. The van der Waals surface area contributed by atoms with Gasteiger partial charge >= 0.3 is 5.97 Å². The number of nitrogens with zero attached hydrogens (tertiary/aromatic N) is 1. The molecule has 196 valence electrons. The first-order valence-electron chi connectivity index (χ1n) is 12.2. The molecule has 0 aliphatic carbocycles. The van der Waals surface area contributed by atoms with Crippen molar-refractivity contribution in [3.05, 3.63) is 143 Å². The molecule has 39 heavy (non-hydrogen) atoms. The van der Waals surface area contributed by atoms with E-state index < -0.39 is 33.5 Å². The van der Waals surface area contributed by atoms with Gasteiger partial charge in [0, 0.05) is 11.1 Å². The van der Waals surface area contributed by atoms with E-state index in [1.165, 1.54) is 30.3 Å². The topological polar surface area (TPSA) is 86.5 Å². The minimum atomic E-state index is -4.23. The molecule has 0 N–H and O–H groups in total. The van der Waals surface area contributed by atoms with E-state index in [9.17, 15) is 13.2 Å². The van der Waals surface area contributed by atoms with Crippen LogP contribution in [0.3, 0.4) is 0 Å². The lowest BCUT2D eigenvalue weighted by molar-refractivity contribution is 0.0445. The van der Waals surface area contributed by atoms with Crippen LogP contribution in [-0.4, -0.2) is 19.4 Å². The summed E-state index contributed by atoms with van der Waals surface area (Å²) in [6.07, 6.45) is 0. The molecule has 1 unspecified atom stereocenters. The number of carbonyl (C=O) groups is 1. The van der Waals surface area contributed by atoms with Crippen molar-refractivity contribution in [1.29, 1.82) is 0 Å². The molecule has 1 atom stereocenters. The van der Waals surface area contributed by atoms with E-state index >= 15 is 4.39 Å². The van der Waals surface area contributed by atoms with Crippen LogP contribution in [0.2, 0.25) is 0 Å². The molecular formula is C31H24FNO5S. The van der Waals surface area contributed by atoms with Gasteiger partial charge in [-0.2, -0.15) is 0 Å². The van der Waals surface area contributed by atoms with E-state index in [1.807, 2.05) is 13.0 Å². The fraction of sp³-hybridized carbons (Fsp3) is 0.0968. The van der Waals surface area contributed by atoms with Crippen LogP contribution in [0, 0.1) is 12.7 Å². The van der Waals surface area contributed by atoms with Crippen LogP contribution in [0.4, 0.5) is 4.39 Å². The fourth-order valence-corrected chi connectivity index (χ4v) is 5.97. The highest BCUT2D eigenvalue weighted by Gasteiger charge is 2.38. The predicted octanol–water partition coefficient (Wildman–Crippen LogP) is 6.71. The third kappa shape index (κ3) is 5.51. The van der Waals surface area contributed by atoms with Gasteiger partial charge in [-0.1, -0.05) is 72.3 Å². The van der Waals surface area contributed by atoms with E-state index in [-0.39, 0.29) is 27.8 Å². The van der Waals surface area contributed by atoms with Crippen molar-refractivity contribution in [3.8, 4) is 11.5 Å². The summed E-state index contributed by atoms with van der Waals surface area (Å²) >= 11 is 0. The van der Waals surface area contributed by atoms with E-state index in [0.29, 0.717) is 11.1 Å². The van der Waals surface area contributed by atoms with Gasteiger partial charge in [0.15, 0.2) is 22.2 Å². The lowest BCUT2D eigenvalue weighted by atomic mass is 10.1. The van der Waals surface area contributed by atoms with Gasteiger partial charge in [-0.25, -0.2) is 22.6 Å². The van der Waals surface area contributed by atoms with Crippen LogP contribution in [0.25, 0.3) is 11.5 Å². The second-order valence-electron chi connectivity index (χ2n) is 8.90. The molecule has 0 aliphatic heterocycles. The highest BCUT2D eigenvalue weighted by atomic mass is 32.2. The minimum absolute atomic E-state index is 0.00192. The number of carbonyl (C=O) groups excluding carboxylic acids is 1. The van der Waals surface area contributed by atoms with Crippen molar-refractivity contribution in [2.45, 2.75) is 23.7 Å². The summed E-state index contributed by atoms with van der Waals surface area (Å²) in [5, 5.41) is -1.56. The summed E-state index contributed by atoms with van der Waals surface area (Å²) in [5.74, 6) is -1.21. The number of halogens is 1. The Hall–Kier alpha value is -4.56. The quantitative estimate of drug-likeness (QED) is 0.203. The Morgan fingerprint density at radius 2 is 1.49 bits per heavy atom. The smallest absolute Gasteiger partial charge is 0.338 e. The number of benzene rings is 4. The molecule has 0 bridgehead atoms. The molecule has 0 saturated heterocycles. The highest BCUT2D eigenvalue weighted by molar-refractivity contribution is 7.91. The van der Waals surface area contributed by atoms with Gasteiger partial charge in [0.2, 0.25) is 5.89 Å². The molecule has 6 nitrogen and oxygen atoms in total. The fourth-order valence-electron chi connectivity index (χ4n) is 4.18. The summed E-state index contributed by atoms with van der Waals surface area (Å²) in [4.78, 5) is 17.2. The Morgan fingerprint density at radius 1 is 0.872 bits per heavy atom. The first-order valence-corrected chi connectivity index (χ1v) is 13.7. The van der Waals surface area contributed by atoms with Gasteiger partial charge < -0.3 is 9.15 Å². The molecule has 0 amide bonds. The Kier molecular flexibility index (Phi) is 7.38. The Labute approximate surface area is 225 Å². The zero-order valence-electron chi connectivity index (χ0n) is 21.0. The van der Waals surface area contributed by atoms with Crippen molar-refractivity contribution in [1.82, 2.24) is 4.98 Å². The maximum Gasteiger partial charge on any atom is 0.338 e. The third-order valence-electron chi connectivity index (χ3n) is 6.19. The first kappa shape index (κ1) is 26.1. The number of aryl methyl sites for hydroxylation is 1. The van der Waals surface area contributed by atoms with Crippen LogP contribution in [-0.2, 0) is 21.2 Å². The normalized spacial score (nSPS) is 12.2. The Bertz CT molecular complexity index is 1700. The monoisotopic (exact) mass is 541 g/mol. The molecule has 5 aromatic rings. The van der Waals surface area contributed by atoms with E-state index in [0.717, 1.165) is 5.56 Å². The average molecular weight is 542 g/mol. The number of oxazole rings is 1. The minimum Gasteiger partial charge on any atom is -0.454 e. The summed E-state index contributed by atoms with van der Waals surface area (Å²) in [6.45, 7) is 1.44. The molecular weight excluding hydrogens is 517 g/mol. The number of rotatable bonds is 8. The molecule has 4 aromatic carbocycles. The zero-order valence-corrected chi connectivity index (χ0v) is 21.8. The number of hydrogen-bond donors (Lipinski definition) is 0. The van der Waals surface area contributed by atoms with Gasteiger partial charge in [0.1, 0.15) is 16.8 Å². The van der Waals surface area contributed by atoms with E-state index in [1.54, 1.807) is 72.8 Å². The average Bonchev–Trinajstić information content (AvgIpc) is 3.37. The van der Waals surface area contributed by atoms with Crippen molar-refractivity contribution in [2.75, 3.05) is 0 Å². The standard InChI is InChI=1S/C31H24FNO5S/c1-21-16-18-24(19-17-21)39(35,36)29(25-14-8-9-15-26(25)32)28-27(20-37-31(34)23-12-6-3-7-13-23)38-30(33-28)22-10-4-2-5-11-22/h2-19,29H,20H2,1H3. The van der Waals surface area contributed by atoms with Crippen LogP contribution in [0.1, 0.15) is 38.2 Å². The molecule has 0 radical (unpaired) electrons. The van der Waals surface area contributed by atoms with Crippen molar-refractivity contribution in [3.63, 3.8) is 0 Å². The van der Waals surface area contributed by atoms with Crippen LogP contribution < -0.4 is 0 Å². The van der Waals surface area contributed by atoms with Gasteiger partial charge in [0.05, 0.1) is 10.5 Å². The lowest BCUT2D eigenvalue weighted by Crippen LogP contribution is -2.19. The number of ether oxygens (including phenoxy) is 1. The van der Waals surface area contributed by atoms with Crippen molar-refractivity contribution < 1.29 is 26.8 Å². The molecule has 5 rings (SSSR count). The van der Waals surface area contributed by atoms with Crippen LogP contribution in [0.15, 0.2) is 119 Å². The van der Waals surface area contributed by atoms with Crippen LogP contribution >= 0.6 is 0 Å². The molecule has 0 aliphatic rings. The number of esters is 1. The molecule has 0 spiro atoms. The highest BCUT2D eigenvalue weighted by Crippen LogP contribution is 2.39. The summed E-state index contributed by atoms with van der Waals surface area (Å²) in [6, 6.07) is 29.2. The Balaban J connectivity index is 1.66. The van der Waals surface area contributed by atoms with Gasteiger partial charge in [-0.05, 0) is 49.4 Å². The lowest BCUT2D eigenvalue weighted by Gasteiger charge is -2.18. The third-order valence-corrected chi connectivity index (χ3v) is 8.22. The predicted molar refractivity (Wildman–Crippen MR) is 144 cm³/mol. The SMILES string of the molecule is Cc1ccc(S(=O)(=O)C(c2ccccc2F)c2nc(-c3ccccc3)oc2COC(=O)c2ccccc2)cc1. The second kappa shape index (κ2) is 11.0. The second-order valence-corrected chi connectivity index (χ2v) is 10.9. The van der Waals surface area contributed by atoms with Gasteiger partial charge in [-0.15, -0.1) is 0 Å². The zero-order chi connectivity index (χ0) is 27.4. The van der Waals surface area contributed by atoms with Crippen molar-refractivity contribution in [2.24, 2.45) is 0 Å². The summed E-state index contributed by atoms with van der Waals surface area (Å²) in [7, 11) is -4.23. The molecule has 0 saturated carbocycles. The van der Waals surface area contributed by atoms with Crippen LogP contribution in [0.5, 0.6) is 0 Å². The van der Waals surface area contributed by atoms with E-state index in [2.05, 4.69) is 4.98 Å². The molecule has 0 fully saturated rings. The number of aromatic nitrogens is 1. The number of hydrogen-bond acceptors (Lipinski definition) is 6. The number of sulfone groups is 1. The largest absolute Gasteiger partial charge is 0.454 e. The Morgan fingerprint density at radius 3 is 2.15 bits per heavy atom. The molecule has 1 heterocycles. The summed E-state index contributed by atoms with van der Waals surface area (Å²) < 4.78 is 54.9. The van der Waals surface area contributed by atoms with Gasteiger partial charge in [0.25, 0.3) is 0 Å². The maximum atomic E-state index is 15.2. The first-order chi connectivity index (χ1) is 18.8. The van der Waals surface area contributed by atoms with E-state index in [4.69, 9.17) is 9.15 Å². The van der Waals surface area contributed by atoms with Crippen molar-refractivity contribution >= 4 is 15.8 Å². The maximum absolute atomic E-state index is 15.2. The summed E-state index contributed by atoms with van der Waals surface area (Å²) in [5.41, 5.74) is 1.62. The molecule has 8 heteroatoms.